The average molecular weight is 250 g/mol. The van der Waals surface area contributed by atoms with Gasteiger partial charge >= 0.3 is 0 Å². The Balaban J connectivity index is 1.58. The number of likely N-dealkylation sites (tertiary alicyclic amines) is 1. The van der Waals surface area contributed by atoms with E-state index < -0.39 is 0 Å². The van der Waals surface area contributed by atoms with E-state index in [0.717, 1.165) is 5.75 Å². The van der Waals surface area contributed by atoms with Gasteiger partial charge < -0.3 is 10.2 Å². The first kappa shape index (κ1) is 12.9. The third-order valence-electron chi connectivity index (χ3n) is 3.34. The van der Waals surface area contributed by atoms with Gasteiger partial charge in [0.25, 0.3) is 0 Å². The van der Waals surface area contributed by atoms with Crippen molar-refractivity contribution in [2.24, 2.45) is 0 Å². The molecule has 0 aliphatic carbocycles. The Bertz CT molecular complexity index is 315. The summed E-state index contributed by atoms with van der Waals surface area (Å²) in [6.07, 6.45) is 1.31. The fraction of sp³-hybridized carbons (Fsp3) is 0.571. The predicted molar refractivity (Wildman–Crippen MR) is 76.5 cm³/mol. The van der Waals surface area contributed by atoms with E-state index in [4.69, 9.17) is 0 Å². The van der Waals surface area contributed by atoms with Crippen molar-refractivity contribution in [3.8, 4) is 0 Å². The third kappa shape index (κ3) is 4.34. The normalized spacial score (nSPS) is 20.9. The van der Waals surface area contributed by atoms with Crippen molar-refractivity contribution in [3.05, 3.63) is 35.9 Å². The molecule has 1 aromatic carbocycles. The van der Waals surface area contributed by atoms with Gasteiger partial charge in [0.15, 0.2) is 0 Å². The number of nitrogens with zero attached hydrogens (tertiary/aromatic N) is 1. The van der Waals surface area contributed by atoms with Crippen LogP contribution in [0.2, 0.25) is 0 Å². The quantitative estimate of drug-likeness (QED) is 0.779. The van der Waals surface area contributed by atoms with Crippen molar-refractivity contribution in [3.63, 3.8) is 0 Å². The summed E-state index contributed by atoms with van der Waals surface area (Å²) in [5.74, 6) is 2.38. The Morgan fingerprint density at radius 2 is 2.18 bits per heavy atom. The second kappa shape index (κ2) is 7.04. The van der Waals surface area contributed by atoms with Crippen molar-refractivity contribution in [2.75, 3.05) is 32.4 Å². The molecule has 1 fully saturated rings. The van der Waals surface area contributed by atoms with Crippen molar-refractivity contribution < 1.29 is 0 Å². The number of likely N-dealkylation sites (N-methyl/N-ethyl adjacent to an activating group) is 1. The van der Waals surface area contributed by atoms with E-state index in [1.807, 2.05) is 11.8 Å². The minimum absolute atomic E-state index is 0.717. The molecule has 3 heteroatoms. The first-order valence-electron chi connectivity index (χ1n) is 6.40. The molecule has 1 saturated heterocycles. The molecule has 0 amide bonds. The first-order chi connectivity index (χ1) is 8.38. The monoisotopic (exact) mass is 250 g/mol. The van der Waals surface area contributed by atoms with Crippen molar-refractivity contribution >= 4 is 11.8 Å². The van der Waals surface area contributed by atoms with Gasteiger partial charge in [-0.2, -0.15) is 11.8 Å². The Hall–Kier alpha value is -0.510. The van der Waals surface area contributed by atoms with Crippen LogP contribution >= 0.6 is 11.8 Å². The number of hydrogen-bond acceptors (Lipinski definition) is 3. The van der Waals surface area contributed by atoms with E-state index in [0.29, 0.717) is 6.04 Å². The molecule has 1 heterocycles. The molecule has 2 nitrogen and oxygen atoms in total. The number of nitrogens with one attached hydrogen (secondary N) is 1. The maximum absolute atomic E-state index is 3.36. The summed E-state index contributed by atoms with van der Waals surface area (Å²) < 4.78 is 0. The zero-order valence-corrected chi connectivity index (χ0v) is 11.4. The molecule has 1 aliphatic rings. The topological polar surface area (TPSA) is 15.3 Å². The maximum Gasteiger partial charge on any atom is 0.0204 e. The molecule has 1 aliphatic heterocycles. The predicted octanol–water partition coefficient (Wildman–Crippen LogP) is 2.21. The zero-order valence-electron chi connectivity index (χ0n) is 10.6. The lowest BCUT2D eigenvalue weighted by atomic mass is 10.2. The van der Waals surface area contributed by atoms with Crippen molar-refractivity contribution in [2.45, 2.75) is 18.2 Å². The van der Waals surface area contributed by atoms with E-state index in [-0.39, 0.29) is 0 Å². The number of thioether (sulfide) groups is 1. The van der Waals surface area contributed by atoms with Gasteiger partial charge in [0.05, 0.1) is 0 Å². The highest BCUT2D eigenvalue weighted by Crippen LogP contribution is 2.14. The van der Waals surface area contributed by atoms with Gasteiger partial charge in [0, 0.05) is 30.6 Å². The van der Waals surface area contributed by atoms with E-state index in [9.17, 15) is 0 Å². The van der Waals surface area contributed by atoms with Gasteiger partial charge in [-0.15, -0.1) is 0 Å². The molecule has 1 N–H and O–H groups in total. The Morgan fingerprint density at radius 1 is 1.35 bits per heavy atom. The number of benzene rings is 1. The van der Waals surface area contributed by atoms with Crippen LogP contribution in [0, 0.1) is 0 Å². The molecular weight excluding hydrogens is 228 g/mol. The molecule has 0 bridgehead atoms. The van der Waals surface area contributed by atoms with Crippen molar-refractivity contribution in [1.29, 1.82) is 0 Å². The molecule has 1 unspecified atom stereocenters. The summed E-state index contributed by atoms with van der Waals surface area (Å²) in [6, 6.07) is 11.5. The van der Waals surface area contributed by atoms with E-state index >= 15 is 0 Å². The highest BCUT2D eigenvalue weighted by atomic mass is 32.2. The highest BCUT2D eigenvalue weighted by molar-refractivity contribution is 7.98. The zero-order chi connectivity index (χ0) is 11.9. The minimum atomic E-state index is 0.717. The molecular formula is C14H22N2S. The molecule has 0 radical (unpaired) electrons. The summed E-state index contributed by atoms with van der Waals surface area (Å²) in [5.41, 5.74) is 1.44. The lowest BCUT2D eigenvalue weighted by molar-refractivity contribution is 0.351. The molecule has 1 aromatic rings. The SMILES string of the molecule is CNC1CCN(CCSCc2ccccc2)C1. The number of hydrogen-bond donors (Lipinski definition) is 1. The Labute approximate surface area is 109 Å². The van der Waals surface area contributed by atoms with E-state index in [2.05, 4.69) is 47.6 Å². The smallest absolute Gasteiger partial charge is 0.0204 e. The largest absolute Gasteiger partial charge is 0.316 e. The van der Waals surface area contributed by atoms with Crippen LogP contribution in [-0.4, -0.2) is 43.4 Å². The second-order valence-electron chi connectivity index (χ2n) is 4.61. The first-order valence-corrected chi connectivity index (χ1v) is 7.55. The lowest BCUT2D eigenvalue weighted by Crippen LogP contribution is -2.30. The molecule has 0 saturated carbocycles. The van der Waals surface area contributed by atoms with Crippen LogP contribution in [0.5, 0.6) is 0 Å². The molecule has 94 valence electrons. The summed E-state index contributed by atoms with van der Waals surface area (Å²) in [6.45, 7) is 3.72. The Kier molecular flexibility index (Phi) is 5.36. The van der Waals surface area contributed by atoms with Crippen LogP contribution < -0.4 is 5.32 Å². The Morgan fingerprint density at radius 3 is 2.88 bits per heavy atom. The average Bonchev–Trinajstić information content (AvgIpc) is 2.84. The van der Waals surface area contributed by atoms with Gasteiger partial charge in [-0.1, -0.05) is 30.3 Å². The van der Waals surface area contributed by atoms with Crippen LogP contribution in [0.25, 0.3) is 0 Å². The van der Waals surface area contributed by atoms with Crippen LogP contribution in [0.15, 0.2) is 30.3 Å². The standard InChI is InChI=1S/C14H22N2S/c1-15-14-7-8-16(11-14)9-10-17-12-13-5-3-2-4-6-13/h2-6,14-15H,7-12H2,1H3. The second-order valence-corrected chi connectivity index (χ2v) is 5.72. The van der Waals surface area contributed by atoms with Gasteiger partial charge in [-0.05, 0) is 25.6 Å². The summed E-state index contributed by atoms with van der Waals surface area (Å²) in [4.78, 5) is 2.57. The van der Waals surface area contributed by atoms with Crippen LogP contribution in [-0.2, 0) is 5.75 Å². The third-order valence-corrected chi connectivity index (χ3v) is 4.35. The van der Waals surface area contributed by atoms with E-state index in [1.165, 1.54) is 37.4 Å². The fourth-order valence-electron chi connectivity index (χ4n) is 2.23. The lowest BCUT2D eigenvalue weighted by Gasteiger charge is -2.15. The molecule has 0 spiro atoms. The van der Waals surface area contributed by atoms with Crippen LogP contribution in [0.3, 0.4) is 0 Å². The van der Waals surface area contributed by atoms with Crippen molar-refractivity contribution in [1.82, 2.24) is 10.2 Å². The summed E-state index contributed by atoms with van der Waals surface area (Å²) in [5, 5.41) is 3.36. The minimum Gasteiger partial charge on any atom is -0.316 e. The van der Waals surface area contributed by atoms with Gasteiger partial charge in [0.1, 0.15) is 0 Å². The number of rotatable bonds is 6. The highest BCUT2D eigenvalue weighted by Gasteiger charge is 2.19. The van der Waals surface area contributed by atoms with Crippen LogP contribution in [0.4, 0.5) is 0 Å². The molecule has 1 atom stereocenters. The van der Waals surface area contributed by atoms with Gasteiger partial charge in [0.2, 0.25) is 0 Å². The fourth-order valence-corrected chi connectivity index (χ4v) is 3.19. The van der Waals surface area contributed by atoms with Gasteiger partial charge in [-0.3, -0.25) is 0 Å². The van der Waals surface area contributed by atoms with E-state index in [1.54, 1.807) is 0 Å². The summed E-state index contributed by atoms with van der Waals surface area (Å²) in [7, 11) is 2.07. The molecule has 0 aromatic heterocycles. The van der Waals surface area contributed by atoms with Gasteiger partial charge in [-0.25, -0.2) is 0 Å². The molecule has 17 heavy (non-hydrogen) atoms. The summed E-state index contributed by atoms with van der Waals surface area (Å²) >= 11 is 2.04. The molecule has 2 rings (SSSR count). The van der Waals surface area contributed by atoms with Crippen LogP contribution in [0.1, 0.15) is 12.0 Å². The maximum atomic E-state index is 3.36.